The lowest BCUT2D eigenvalue weighted by Gasteiger charge is -2.04. The van der Waals surface area contributed by atoms with E-state index < -0.39 is 0 Å². The molecule has 1 aromatic carbocycles. The van der Waals surface area contributed by atoms with Crippen LogP contribution in [0.5, 0.6) is 0 Å². The third kappa shape index (κ3) is 2.43. The van der Waals surface area contributed by atoms with E-state index in [2.05, 4.69) is 38.0 Å². The highest BCUT2D eigenvalue weighted by molar-refractivity contribution is 14.1. The van der Waals surface area contributed by atoms with E-state index in [1.54, 1.807) is 29.3 Å². The van der Waals surface area contributed by atoms with Gasteiger partial charge in [0.05, 0.1) is 23.5 Å². The molecule has 0 aliphatic carbocycles. The third-order valence-corrected chi connectivity index (χ3v) is 3.32. The van der Waals surface area contributed by atoms with E-state index in [4.69, 9.17) is 0 Å². The fourth-order valence-electron chi connectivity index (χ4n) is 1.77. The molecule has 0 atom stereocenters. The van der Waals surface area contributed by atoms with Gasteiger partial charge in [-0.2, -0.15) is 5.10 Å². The second-order valence-corrected chi connectivity index (χ2v) is 5.17. The van der Waals surface area contributed by atoms with Crippen molar-refractivity contribution < 1.29 is 4.79 Å². The summed E-state index contributed by atoms with van der Waals surface area (Å²) in [7, 11) is 0. The summed E-state index contributed by atoms with van der Waals surface area (Å²) in [5, 5.41) is 6.97. The summed E-state index contributed by atoms with van der Waals surface area (Å²) in [4.78, 5) is 16.2. The number of carbonyl (C=O) groups is 1. The van der Waals surface area contributed by atoms with Crippen molar-refractivity contribution in [1.82, 2.24) is 14.6 Å². The zero-order valence-corrected chi connectivity index (χ0v) is 11.9. The monoisotopic (exact) mass is 364 g/mol. The highest BCUT2D eigenvalue weighted by Crippen LogP contribution is 2.15. The number of benzene rings is 1. The Balaban J connectivity index is 1.92. The van der Waals surface area contributed by atoms with Crippen molar-refractivity contribution in [3.63, 3.8) is 0 Å². The largest absolute Gasteiger partial charge is 0.322 e. The molecule has 0 saturated heterocycles. The first-order valence-electron chi connectivity index (χ1n) is 5.58. The first kappa shape index (κ1) is 12.1. The summed E-state index contributed by atoms with van der Waals surface area (Å²) in [6, 6.07) is 7.62. The maximum Gasteiger partial charge on any atom is 0.259 e. The van der Waals surface area contributed by atoms with E-state index in [1.807, 2.05) is 24.3 Å². The van der Waals surface area contributed by atoms with Gasteiger partial charge >= 0.3 is 0 Å². The lowest BCUT2D eigenvalue weighted by molar-refractivity contribution is 0.102. The molecule has 0 unspecified atom stereocenters. The number of amides is 1. The first-order chi connectivity index (χ1) is 9.24. The summed E-state index contributed by atoms with van der Waals surface area (Å²) < 4.78 is 2.69. The second-order valence-electron chi connectivity index (χ2n) is 3.93. The molecule has 0 spiro atoms. The van der Waals surface area contributed by atoms with Gasteiger partial charge in [-0.3, -0.25) is 9.78 Å². The van der Waals surface area contributed by atoms with E-state index in [0.29, 0.717) is 11.1 Å². The van der Waals surface area contributed by atoms with Gasteiger partial charge in [-0.15, -0.1) is 0 Å². The number of aromatic nitrogens is 3. The van der Waals surface area contributed by atoms with Gasteiger partial charge in [0, 0.05) is 21.7 Å². The molecule has 0 radical (unpaired) electrons. The van der Waals surface area contributed by atoms with E-state index >= 15 is 0 Å². The minimum Gasteiger partial charge on any atom is -0.322 e. The van der Waals surface area contributed by atoms with Crippen molar-refractivity contribution in [2.24, 2.45) is 0 Å². The Morgan fingerprint density at radius 3 is 3.05 bits per heavy atom. The minimum absolute atomic E-state index is 0.190. The number of rotatable bonds is 2. The third-order valence-electron chi connectivity index (χ3n) is 2.65. The van der Waals surface area contributed by atoms with Crippen molar-refractivity contribution in [3.05, 3.63) is 58.2 Å². The van der Waals surface area contributed by atoms with Crippen LogP contribution in [0.2, 0.25) is 0 Å². The van der Waals surface area contributed by atoms with Gasteiger partial charge in [-0.25, -0.2) is 4.52 Å². The van der Waals surface area contributed by atoms with Crippen LogP contribution in [0.3, 0.4) is 0 Å². The maximum absolute atomic E-state index is 12.2. The summed E-state index contributed by atoms with van der Waals surface area (Å²) in [6.07, 6.45) is 6.50. The molecule has 1 amide bonds. The number of nitrogens with one attached hydrogen (secondary N) is 1. The number of halogens is 1. The number of nitrogens with zero attached hydrogens (tertiary/aromatic N) is 3. The molecular formula is C13H9IN4O. The first-order valence-corrected chi connectivity index (χ1v) is 6.66. The molecule has 3 aromatic rings. The van der Waals surface area contributed by atoms with Crippen LogP contribution in [0.25, 0.3) is 5.52 Å². The SMILES string of the molecule is O=C(Nc1cccc(I)c1)c1cnn2ccncc12. The zero-order valence-electron chi connectivity index (χ0n) is 9.75. The summed E-state index contributed by atoms with van der Waals surface area (Å²) >= 11 is 2.20. The summed E-state index contributed by atoms with van der Waals surface area (Å²) in [5.41, 5.74) is 1.96. The molecule has 2 aromatic heterocycles. The van der Waals surface area contributed by atoms with Crippen LogP contribution in [0.15, 0.2) is 49.1 Å². The van der Waals surface area contributed by atoms with Gasteiger partial charge in [0.25, 0.3) is 5.91 Å². The Kier molecular flexibility index (Phi) is 3.16. The van der Waals surface area contributed by atoms with Crippen molar-refractivity contribution in [2.75, 3.05) is 5.32 Å². The highest BCUT2D eigenvalue weighted by atomic mass is 127. The number of carbonyl (C=O) groups excluding carboxylic acids is 1. The van der Waals surface area contributed by atoms with Crippen molar-refractivity contribution in [2.45, 2.75) is 0 Å². The van der Waals surface area contributed by atoms with Gasteiger partial charge in [0.1, 0.15) is 0 Å². The van der Waals surface area contributed by atoms with Crippen LogP contribution in [0, 0.1) is 3.57 Å². The van der Waals surface area contributed by atoms with Gasteiger partial charge in [-0.05, 0) is 40.8 Å². The van der Waals surface area contributed by atoms with Crippen LogP contribution >= 0.6 is 22.6 Å². The molecule has 3 rings (SSSR count). The number of anilines is 1. The number of hydrogen-bond donors (Lipinski definition) is 1. The van der Waals surface area contributed by atoms with Crippen molar-refractivity contribution >= 4 is 39.7 Å². The van der Waals surface area contributed by atoms with Gasteiger partial charge in [-0.1, -0.05) is 6.07 Å². The number of fused-ring (bicyclic) bond motifs is 1. The predicted molar refractivity (Wildman–Crippen MR) is 80.1 cm³/mol. The Bertz CT molecular complexity index is 753. The second kappa shape index (κ2) is 4.96. The highest BCUT2D eigenvalue weighted by Gasteiger charge is 2.12. The Labute approximate surface area is 122 Å². The molecule has 0 saturated carbocycles. The predicted octanol–water partition coefficient (Wildman–Crippen LogP) is 2.59. The Morgan fingerprint density at radius 2 is 2.21 bits per heavy atom. The average molecular weight is 364 g/mol. The van der Waals surface area contributed by atoms with Crippen LogP contribution < -0.4 is 5.32 Å². The molecule has 6 heteroatoms. The number of hydrogen-bond acceptors (Lipinski definition) is 3. The van der Waals surface area contributed by atoms with E-state index in [9.17, 15) is 4.79 Å². The Morgan fingerprint density at radius 1 is 1.32 bits per heavy atom. The molecule has 1 N–H and O–H groups in total. The molecule has 0 aliphatic heterocycles. The summed E-state index contributed by atoms with van der Waals surface area (Å²) in [5.74, 6) is -0.190. The quantitative estimate of drug-likeness (QED) is 0.712. The van der Waals surface area contributed by atoms with Crippen LogP contribution in [0.4, 0.5) is 5.69 Å². The van der Waals surface area contributed by atoms with Crippen LogP contribution in [-0.4, -0.2) is 20.5 Å². The van der Waals surface area contributed by atoms with Crippen LogP contribution in [0.1, 0.15) is 10.4 Å². The molecular weight excluding hydrogens is 355 g/mol. The molecule has 0 fully saturated rings. The van der Waals surface area contributed by atoms with Crippen molar-refractivity contribution in [3.8, 4) is 0 Å². The minimum atomic E-state index is -0.190. The molecule has 2 heterocycles. The lowest BCUT2D eigenvalue weighted by atomic mass is 10.2. The lowest BCUT2D eigenvalue weighted by Crippen LogP contribution is -2.11. The van der Waals surface area contributed by atoms with Crippen LogP contribution in [-0.2, 0) is 0 Å². The van der Waals surface area contributed by atoms with Gasteiger partial charge in [0.2, 0.25) is 0 Å². The van der Waals surface area contributed by atoms with Gasteiger partial charge < -0.3 is 5.32 Å². The van der Waals surface area contributed by atoms with Crippen molar-refractivity contribution in [1.29, 1.82) is 0 Å². The van der Waals surface area contributed by atoms with E-state index in [0.717, 1.165) is 9.26 Å². The standard InChI is InChI=1S/C13H9IN4O/c14-9-2-1-3-10(6-9)17-13(19)11-7-16-18-5-4-15-8-12(11)18/h1-8H,(H,17,19). The fourth-order valence-corrected chi connectivity index (χ4v) is 2.32. The van der Waals surface area contributed by atoms with E-state index in [-0.39, 0.29) is 5.91 Å². The van der Waals surface area contributed by atoms with Gasteiger partial charge in [0.15, 0.2) is 0 Å². The molecule has 19 heavy (non-hydrogen) atoms. The maximum atomic E-state index is 12.2. The smallest absolute Gasteiger partial charge is 0.259 e. The molecule has 0 aliphatic rings. The topological polar surface area (TPSA) is 59.3 Å². The molecule has 5 nitrogen and oxygen atoms in total. The molecule has 94 valence electrons. The van der Waals surface area contributed by atoms with E-state index in [1.165, 1.54) is 0 Å². The summed E-state index contributed by atoms with van der Waals surface area (Å²) in [6.45, 7) is 0. The average Bonchev–Trinajstić information content (AvgIpc) is 2.82. The molecule has 0 bridgehead atoms. The zero-order chi connectivity index (χ0) is 13.2. The Hall–Kier alpha value is -1.96. The fraction of sp³-hybridized carbons (Fsp3) is 0. The normalized spacial score (nSPS) is 10.6.